The molecule has 59 heavy (non-hydrogen) atoms. The average Bonchev–Trinajstić information content (AvgIpc) is 3.80. The number of aryl methyl sites for hydroxylation is 1. The predicted molar refractivity (Wildman–Crippen MR) is 237 cm³/mol. The van der Waals surface area contributed by atoms with Crippen molar-refractivity contribution in [1.82, 2.24) is 9.13 Å². The van der Waals surface area contributed by atoms with Gasteiger partial charge in [-0.2, -0.15) is 15.8 Å². The minimum absolute atomic E-state index is 0.486. The number of rotatable bonds is 5. The normalized spacial score (nSPS) is 11.1. The smallest absolute Gasteiger partial charge is 0.187 e. The summed E-state index contributed by atoms with van der Waals surface area (Å²) in [6.07, 6.45) is 0. The van der Waals surface area contributed by atoms with Gasteiger partial charge < -0.3 is 9.13 Å². The molecule has 0 aliphatic rings. The lowest BCUT2D eigenvalue weighted by Gasteiger charge is -2.19. The number of benzene rings is 8. The van der Waals surface area contributed by atoms with E-state index in [0.717, 1.165) is 93.9 Å². The number of hydrogen-bond donors (Lipinski definition) is 0. The van der Waals surface area contributed by atoms with Crippen molar-refractivity contribution < 1.29 is 0 Å². The van der Waals surface area contributed by atoms with Gasteiger partial charge in [0.1, 0.15) is 6.07 Å². The van der Waals surface area contributed by atoms with Crippen molar-refractivity contribution in [2.75, 3.05) is 0 Å². The SMILES string of the molecule is [C-]#[N+]c1ccc(-c2ccc3c4ccccc4n(-c4cc(C#N)c(-n5c6ccccc6c6ccc(-c7ccc(C#N)cc7)cc65)cc4-c4cc(C)cc(C#N)c4)c3c2)cc1. The van der Waals surface area contributed by atoms with Crippen LogP contribution in [0.15, 0.2) is 164 Å². The molecule has 0 aliphatic carbocycles. The first-order chi connectivity index (χ1) is 29.0. The molecule has 272 valence electrons. The van der Waals surface area contributed by atoms with E-state index in [4.69, 9.17) is 6.57 Å². The van der Waals surface area contributed by atoms with Crippen LogP contribution in [-0.2, 0) is 0 Å². The van der Waals surface area contributed by atoms with Crippen LogP contribution in [-0.4, -0.2) is 9.13 Å². The first-order valence-electron chi connectivity index (χ1n) is 19.1. The third-order valence-corrected chi connectivity index (χ3v) is 11.3. The lowest BCUT2D eigenvalue weighted by molar-refractivity contribution is 1.13. The maximum Gasteiger partial charge on any atom is 0.187 e. The molecule has 0 saturated heterocycles. The molecule has 10 aromatic rings. The molecule has 10 rings (SSSR count). The van der Waals surface area contributed by atoms with E-state index >= 15 is 0 Å². The summed E-state index contributed by atoms with van der Waals surface area (Å²) in [7, 11) is 0. The average molecular weight is 751 g/mol. The first kappa shape index (κ1) is 34.8. The third kappa shape index (κ3) is 5.69. The van der Waals surface area contributed by atoms with E-state index in [-0.39, 0.29) is 0 Å². The maximum atomic E-state index is 11.2. The Labute approximate surface area is 340 Å². The second kappa shape index (κ2) is 13.8. The maximum absolute atomic E-state index is 11.2. The lowest BCUT2D eigenvalue weighted by atomic mass is 9.96. The summed E-state index contributed by atoms with van der Waals surface area (Å²) in [5, 5.41) is 35.0. The molecule has 0 saturated carbocycles. The number of nitrogens with zero attached hydrogens (tertiary/aromatic N) is 6. The van der Waals surface area contributed by atoms with E-state index in [9.17, 15) is 15.8 Å². The summed E-state index contributed by atoms with van der Waals surface area (Å²) in [6.45, 7) is 9.44. The minimum Gasteiger partial charge on any atom is -0.309 e. The van der Waals surface area contributed by atoms with Gasteiger partial charge in [0.2, 0.25) is 0 Å². The van der Waals surface area contributed by atoms with E-state index in [1.165, 1.54) is 0 Å². The fourth-order valence-corrected chi connectivity index (χ4v) is 8.56. The highest BCUT2D eigenvalue weighted by Crippen LogP contribution is 2.42. The Morgan fingerprint density at radius 1 is 0.441 bits per heavy atom. The van der Waals surface area contributed by atoms with Crippen LogP contribution in [0.2, 0.25) is 0 Å². The number of fused-ring (bicyclic) bond motifs is 6. The molecular weight excluding hydrogens is 721 g/mol. The predicted octanol–water partition coefficient (Wildman–Crippen LogP) is 13.4. The van der Waals surface area contributed by atoms with Gasteiger partial charge in [-0.05, 0) is 101 Å². The standard InChI is InChI=1S/C53H30N6/c1-33-23-35(31-55)25-40(24-33)47-29-50(58-48-9-5-3-7-43(48)45-21-17-38(26-51(45)58)36-13-11-34(30-54)12-14-36)41(32-56)28-53(47)59-49-10-6-4-8-44(49)46-22-18-39(27-52(46)59)37-15-19-42(57-2)20-16-37/h3-29H,1H3. The van der Waals surface area contributed by atoms with Crippen LogP contribution in [0.5, 0.6) is 0 Å². The molecule has 0 N–H and O–H groups in total. The molecule has 0 bridgehead atoms. The zero-order valence-corrected chi connectivity index (χ0v) is 31.8. The molecule has 0 fully saturated rings. The number of aromatic nitrogens is 2. The summed E-state index contributed by atoms with van der Waals surface area (Å²) < 4.78 is 4.42. The van der Waals surface area contributed by atoms with Gasteiger partial charge in [0.15, 0.2) is 5.69 Å². The summed E-state index contributed by atoms with van der Waals surface area (Å²) in [5.41, 5.74) is 14.2. The minimum atomic E-state index is 0.486. The third-order valence-electron chi connectivity index (χ3n) is 11.3. The zero-order valence-electron chi connectivity index (χ0n) is 31.8. The molecular formula is C53H30N6. The van der Waals surface area contributed by atoms with Crippen molar-refractivity contribution in [1.29, 1.82) is 15.8 Å². The van der Waals surface area contributed by atoms with Crippen molar-refractivity contribution in [3.63, 3.8) is 0 Å². The first-order valence-corrected chi connectivity index (χ1v) is 19.1. The highest BCUT2D eigenvalue weighted by molar-refractivity contribution is 6.12. The fourth-order valence-electron chi connectivity index (χ4n) is 8.56. The molecule has 0 amide bonds. The van der Waals surface area contributed by atoms with Crippen molar-refractivity contribution in [2.45, 2.75) is 6.92 Å². The van der Waals surface area contributed by atoms with Crippen molar-refractivity contribution in [3.05, 3.63) is 197 Å². The van der Waals surface area contributed by atoms with Gasteiger partial charge in [-0.15, -0.1) is 0 Å². The number of nitriles is 3. The second-order valence-electron chi connectivity index (χ2n) is 14.7. The van der Waals surface area contributed by atoms with Gasteiger partial charge >= 0.3 is 0 Å². The van der Waals surface area contributed by atoms with Crippen LogP contribution >= 0.6 is 0 Å². The Kier molecular flexibility index (Phi) is 8.14. The largest absolute Gasteiger partial charge is 0.309 e. The Morgan fingerprint density at radius 3 is 1.53 bits per heavy atom. The monoisotopic (exact) mass is 750 g/mol. The summed E-state index contributed by atoms with van der Waals surface area (Å²) >= 11 is 0. The molecule has 0 aliphatic heterocycles. The van der Waals surface area contributed by atoms with Crippen LogP contribution < -0.4 is 0 Å². The molecule has 0 unspecified atom stereocenters. The van der Waals surface area contributed by atoms with Crippen LogP contribution in [0.3, 0.4) is 0 Å². The molecule has 0 spiro atoms. The Balaban J connectivity index is 1.30. The van der Waals surface area contributed by atoms with Gasteiger partial charge in [-0.1, -0.05) is 103 Å². The van der Waals surface area contributed by atoms with E-state index in [1.54, 1.807) is 0 Å². The quantitative estimate of drug-likeness (QED) is 0.164. The van der Waals surface area contributed by atoms with Crippen molar-refractivity contribution in [2.24, 2.45) is 0 Å². The Bertz CT molecular complexity index is 3540. The van der Waals surface area contributed by atoms with Gasteiger partial charge in [0.05, 0.1) is 68.8 Å². The molecule has 0 radical (unpaired) electrons. The molecule has 6 nitrogen and oxygen atoms in total. The summed E-state index contributed by atoms with van der Waals surface area (Å²) in [5.74, 6) is 0. The topological polar surface area (TPSA) is 85.6 Å². The summed E-state index contributed by atoms with van der Waals surface area (Å²) in [6, 6.07) is 61.8. The van der Waals surface area contributed by atoms with Crippen LogP contribution in [0.25, 0.3) is 93.2 Å². The molecule has 6 heteroatoms. The van der Waals surface area contributed by atoms with Crippen molar-refractivity contribution in [3.8, 4) is 63.0 Å². The zero-order chi connectivity index (χ0) is 40.2. The highest BCUT2D eigenvalue weighted by Gasteiger charge is 2.23. The van der Waals surface area contributed by atoms with Crippen LogP contribution in [0.1, 0.15) is 22.3 Å². The van der Waals surface area contributed by atoms with Gasteiger partial charge in [-0.3, -0.25) is 0 Å². The highest BCUT2D eigenvalue weighted by atomic mass is 15.0. The van der Waals surface area contributed by atoms with Crippen molar-refractivity contribution >= 4 is 49.3 Å². The van der Waals surface area contributed by atoms with Crippen LogP contribution in [0.4, 0.5) is 5.69 Å². The Hall–Kier alpha value is -8.68. The second-order valence-corrected chi connectivity index (χ2v) is 14.7. The van der Waals surface area contributed by atoms with E-state index in [1.807, 2.05) is 97.9 Å². The molecule has 2 aromatic heterocycles. The molecule has 8 aromatic carbocycles. The number of para-hydroxylation sites is 2. The van der Waals surface area contributed by atoms with E-state index < -0.39 is 0 Å². The molecule has 2 heterocycles. The van der Waals surface area contributed by atoms with Gasteiger partial charge in [-0.25, -0.2) is 4.85 Å². The van der Waals surface area contributed by atoms with E-state index in [2.05, 4.69) is 105 Å². The van der Waals surface area contributed by atoms with E-state index in [0.29, 0.717) is 22.4 Å². The van der Waals surface area contributed by atoms with Gasteiger partial charge in [0, 0.05) is 27.1 Å². The summed E-state index contributed by atoms with van der Waals surface area (Å²) in [4.78, 5) is 3.58. The molecule has 0 atom stereocenters. The number of hydrogen-bond acceptors (Lipinski definition) is 3. The lowest BCUT2D eigenvalue weighted by Crippen LogP contribution is -2.04. The fraction of sp³-hybridized carbons (Fsp3) is 0.0189. The van der Waals surface area contributed by atoms with Gasteiger partial charge in [0.25, 0.3) is 0 Å². The Morgan fingerprint density at radius 2 is 0.966 bits per heavy atom. The van der Waals surface area contributed by atoms with Crippen LogP contribution in [0, 0.1) is 47.5 Å².